The third-order valence-electron chi connectivity index (χ3n) is 4.22. The molecule has 0 saturated carbocycles. The van der Waals surface area contributed by atoms with Gasteiger partial charge in [0, 0.05) is 24.3 Å². The molecular formula is C19H18N2O4. The highest BCUT2D eigenvalue weighted by Crippen LogP contribution is 2.26. The predicted octanol–water partition coefficient (Wildman–Crippen LogP) is 2.68. The molecule has 2 aromatic rings. The third-order valence-corrected chi connectivity index (χ3v) is 4.22. The highest BCUT2D eigenvalue weighted by molar-refractivity contribution is 6.03. The van der Waals surface area contributed by atoms with E-state index in [-0.39, 0.29) is 23.8 Å². The summed E-state index contributed by atoms with van der Waals surface area (Å²) in [4.78, 5) is 37.3. The molecule has 1 aliphatic rings. The highest BCUT2D eigenvalue weighted by Gasteiger charge is 2.35. The smallest absolute Gasteiger partial charge is 0.335 e. The van der Waals surface area contributed by atoms with Crippen LogP contribution in [-0.4, -0.2) is 29.4 Å². The number of carbonyl (C=O) groups is 3. The molecule has 1 heterocycles. The maximum atomic E-state index is 12.4. The molecule has 0 spiro atoms. The molecule has 2 aromatic carbocycles. The van der Waals surface area contributed by atoms with Gasteiger partial charge < -0.3 is 15.3 Å². The number of aromatic carboxylic acids is 1. The van der Waals surface area contributed by atoms with Gasteiger partial charge in [0.25, 0.3) is 0 Å². The van der Waals surface area contributed by atoms with E-state index >= 15 is 0 Å². The first-order chi connectivity index (χ1) is 11.9. The number of nitrogens with one attached hydrogen (secondary N) is 1. The third kappa shape index (κ3) is 3.68. The fourth-order valence-electron chi connectivity index (χ4n) is 2.83. The minimum absolute atomic E-state index is 0.0942. The van der Waals surface area contributed by atoms with Crippen LogP contribution in [0.15, 0.2) is 48.5 Å². The van der Waals surface area contributed by atoms with Crippen LogP contribution < -0.4 is 10.2 Å². The molecule has 0 unspecified atom stereocenters. The van der Waals surface area contributed by atoms with Gasteiger partial charge in [0.05, 0.1) is 11.5 Å². The molecule has 2 N–H and O–H groups in total. The van der Waals surface area contributed by atoms with Gasteiger partial charge in [0.1, 0.15) is 0 Å². The number of carboxylic acid groups (broad SMARTS) is 1. The lowest BCUT2D eigenvalue weighted by atomic mass is 10.1. The summed E-state index contributed by atoms with van der Waals surface area (Å²) in [6.45, 7) is 2.28. The molecule has 3 rings (SSSR count). The summed E-state index contributed by atoms with van der Waals surface area (Å²) >= 11 is 0. The number of amides is 2. The number of hydrogen-bond acceptors (Lipinski definition) is 3. The molecule has 6 heteroatoms. The largest absolute Gasteiger partial charge is 0.478 e. The van der Waals surface area contributed by atoms with Crippen LogP contribution in [0.5, 0.6) is 0 Å². The van der Waals surface area contributed by atoms with Gasteiger partial charge in [0.2, 0.25) is 11.8 Å². The number of anilines is 2. The summed E-state index contributed by atoms with van der Waals surface area (Å²) in [6.07, 6.45) is 0.137. The van der Waals surface area contributed by atoms with Gasteiger partial charge in [-0.3, -0.25) is 9.59 Å². The zero-order chi connectivity index (χ0) is 18.0. The van der Waals surface area contributed by atoms with E-state index in [1.807, 2.05) is 31.2 Å². The van der Waals surface area contributed by atoms with Crippen LogP contribution in [0.2, 0.25) is 0 Å². The molecule has 1 fully saturated rings. The van der Waals surface area contributed by atoms with E-state index in [4.69, 9.17) is 5.11 Å². The molecule has 1 atom stereocenters. The number of aryl methyl sites for hydroxylation is 1. The Morgan fingerprint density at radius 1 is 1.16 bits per heavy atom. The van der Waals surface area contributed by atoms with Gasteiger partial charge in [-0.25, -0.2) is 4.79 Å². The Balaban J connectivity index is 1.69. The lowest BCUT2D eigenvalue weighted by Crippen LogP contribution is -2.28. The Bertz CT molecular complexity index is 830. The Kier molecular flexibility index (Phi) is 4.52. The van der Waals surface area contributed by atoms with E-state index in [1.54, 1.807) is 17.0 Å². The van der Waals surface area contributed by atoms with Gasteiger partial charge in [0.15, 0.2) is 0 Å². The minimum Gasteiger partial charge on any atom is -0.478 e. The van der Waals surface area contributed by atoms with Gasteiger partial charge >= 0.3 is 5.97 Å². The first-order valence-corrected chi connectivity index (χ1v) is 7.95. The molecule has 0 radical (unpaired) electrons. The van der Waals surface area contributed by atoms with E-state index in [2.05, 4.69) is 5.32 Å². The van der Waals surface area contributed by atoms with E-state index in [0.717, 1.165) is 11.3 Å². The van der Waals surface area contributed by atoms with Crippen LogP contribution in [0.4, 0.5) is 11.4 Å². The highest BCUT2D eigenvalue weighted by atomic mass is 16.4. The van der Waals surface area contributed by atoms with E-state index in [1.165, 1.54) is 12.1 Å². The minimum atomic E-state index is -1.06. The second-order valence-electron chi connectivity index (χ2n) is 6.12. The Morgan fingerprint density at radius 2 is 1.88 bits per heavy atom. The standard InChI is InChI=1S/C19H18N2O4/c1-12-5-7-16(8-6-12)21-11-14(10-17(21)22)18(23)20-15-4-2-3-13(9-15)19(24)25/h2-9,14H,10-11H2,1H3,(H,20,23)(H,24,25)/t14-/m1/s1. The molecule has 1 saturated heterocycles. The number of carbonyl (C=O) groups excluding carboxylic acids is 2. The quantitative estimate of drug-likeness (QED) is 0.897. The maximum Gasteiger partial charge on any atom is 0.335 e. The van der Waals surface area contributed by atoms with Crippen molar-refractivity contribution in [3.63, 3.8) is 0 Å². The van der Waals surface area contributed by atoms with Gasteiger partial charge in [-0.05, 0) is 37.3 Å². The molecule has 6 nitrogen and oxygen atoms in total. The molecular weight excluding hydrogens is 320 g/mol. The van der Waals surface area contributed by atoms with Crippen molar-refractivity contribution in [2.75, 3.05) is 16.8 Å². The number of carboxylic acids is 1. The molecule has 0 bridgehead atoms. The Hall–Kier alpha value is -3.15. The number of nitrogens with zero attached hydrogens (tertiary/aromatic N) is 1. The van der Waals surface area contributed by atoms with Crippen molar-refractivity contribution >= 4 is 29.2 Å². The predicted molar refractivity (Wildman–Crippen MR) is 93.7 cm³/mol. The van der Waals surface area contributed by atoms with Crippen molar-refractivity contribution in [2.24, 2.45) is 5.92 Å². The fourth-order valence-corrected chi connectivity index (χ4v) is 2.83. The molecule has 25 heavy (non-hydrogen) atoms. The second kappa shape index (κ2) is 6.76. The van der Waals surface area contributed by atoms with Crippen molar-refractivity contribution < 1.29 is 19.5 Å². The van der Waals surface area contributed by atoms with E-state index in [0.29, 0.717) is 12.2 Å². The van der Waals surface area contributed by atoms with Crippen molar-refractivity contribution in [1.29, 1.82) is 0 Å². The van der Waals surface area contributed by atoms with Crippen LogP contribution in [0, 0.1) is 12.8 Å². The fraction of sp³-hybridized carbons (Fsp3) is 0.211. The average molecular weight is 338 g/mol. The van der Waals surface area contributed by atoms with Gasteiger partial charge in [-0.15, -0.1) is 0 Å². The number of rotatable bonds is 4. The van der Waals surface area contributed by atoms with Crippen LogP contribution in [-0.2, 0) is 9.59 Å². The summed E-state index contributed by atoms with van der Waals surface area (Å²) in [6, 6.07) is 13.6. The topological polar surface area (TPSA) is 86.7 Å². The van der Waals surface area contributed by atoms with Gasteiger partial charge in [-0.1, -0.05) is 23.8 Å². The SMILES string of the molecule is Cc1ccc(N2C[C@H](C(=O)Nc3cccc(C(=O)O)c3)CC2=O)cc1. The second-order valence-corrected chi connectivity index (χ2v) is 6.12. The molecule has 2 amide bonds. The lowest BCUT2D eigenvalue weighted by Gasteiger charge is -2.17. The summed E-state index contributed by atoms with van der Waals surface area (Å²) < 4.78 is 0. The monoisotopic (exact) mass is 338 g/mol. The zero-order valence-electron chi connectivity index (χ0n) is 13.7. The van der Waals surface area contributed by atoms with Crippen molar-refractivity contribution in [3.05, 3.63) is 59.7 Å². The van der Waals surface area contributed by atoms with Crippen molar-refractivity contribution in [1.82, 2.24) is 0 Å². The first kappa shape index (κ1) is 16.7. The lowest BCUT2D eigenvalue weighted by molar-refractivity contribution is -0.122. The Morgan fingerprint density at radius 3 is 2.56 bits per heavy atom. The number of hydrogen-bond donors (Lipinski definition) is 2. The summed E-state index contributed by atoms with van der Waals surface area (Å²) in [5.74, 6) is -1.91. The van der Waals surface area contributed by atoms with Crippen LogP contribution in [0.25, 0.3) is 0 Å². The van der Waals surface area contributed by atoms with Crippen molar-refractivity contribution in [2.45, 2.75) is 13.3 Å². The van der Waals surface area contributed by atoms with Crippen LogP contribution in [0.3, 0.4) is 0 Å². The molecule has 0 aliphatic carbocycles. The van der Waals surface area contributed by atoms with Gasteiger partial charge in [-0.2, -0.15) is 0 Å². The maximum absolute atomic E-state index is 12.4. The summed E-state index contributed by atoms with van der Waals surface area (Å²) in [7, 11) is 0. The molecule has 0 aromatic heterocycles. The first-order valence-electron chi connectivity index (χ1n) is 7.95. The normalized spacial score (nSPS) is 16.8. The zero-order valence-corrected chi connectivity index (χ0v) is 13.7. The Labute approximate surface area is 145 Å². The van der Waals surface area contributed by atoms with Crippen LogP contribution >= 0.6 is 0 Å². The van der Waals surface area contributed by atoms with E-state index in [9.17, 15) is 14.4 Å². The van der Waals surface area contributed by atoms with E-state index < -0.39 is 11.9 Å². The summed E-state index contributed by atoms with van der Waals surface area (Å²) in [5, 5.41) is 11.7. The summed E-state index contributed by atoms with van der Waals surface area (Å²) in [5.41, 5.74) is 2.38. The number of benzene rings is 2. The average Bonchev–Trinajstić information content (AvgIpc) is 2.98. The molecule has 128 valence electrons. The van der Waals surface area contributed by atoms with Crippen molar-refractivity contribution in [3.8, 4) is 0 Å². The van der Waals surface area contributed by atoms with Crippen LogP contribution in [0.1, 0.15) is 22.3 Å². The molecule has 1 aliphatic heterocycles.